The Bertz CT molecular complexity index is 3190. The minimum atomic E-state index is 0.0765. The molecule has 0 amide bonds. The molecule has 17 nitrogen and oxygen atoms in total. The van der Waals surface area contributed by atoms with Crippen LogP contribution >= 0.6 is 0 Å². The zero-order valence-electron chi connectivity index (χ0n) is 44.1. The Morgan fingerprint density at radius 3 is 1.48 bits per heavy atom. The van der Waals surface area contributed by atoms with Gasteiger partial charge in [-0.25, -0.2) is 29.9 Å². The monoisotopic (exact) mass is 1010 g/mol. The highest BCUT2D eigenvalue weighted by Gasteiger charge is 2.47. The van der Waals surface area contributed by atoms with Crippen molar-refractivity contribution in [2.75, 3.05) is 50.2 Å². The summed E-state index contributed by atoms with van der Waals surface area (Å²) in [5.41, 5.74) is 11.8. The molecule has 0 radical (unpaired) electrons. The zero-order valence-corrected chi connectivity index (χ0v) is 44.1. The molecule has 6 saturated heterocycles. The average Bonchev–Trinajstić information content (AvgIpc) is 4.05. The Hall–Kier alpha value is -7.89. The van der Waals surface area contributed by atoms with Gasteiger partial charge in [-0.15, -0.1) is 0 Å². The van der Waals surface area contributed by atoms with E-state index in [0.29, 0.717) is 54.4 Å². The van der Waals surface area contributed by atoms with E-state index in [2.05, 4.69) is 117 Å². The van der Waals surface area contributed by atoms with Gasteiger partial charge in [-0.2, -0.15) is 10.2 Å². The number of fused-ring (bicyclic) bond motifs is 4. The van der Waals surface area contributed by atoms with Crippen LogP contribution in [0.5, 0.6) is 11.5 Å². The molecule has 0 spiro atoms. The summed E-state index contributed by atoms with van der Waals surface area (Å²) in [6.45, 7) is 15.9. The summed E-state index contributed by atoms with van der Waals surface area (Å²) < 4.78 is 10.3. The number of nitrogens with zero attached hydrogens (tertiary/aromatic N) is 11. The van der Waals surface area contributed by atoms with Crippen LogP contribution in [0, 0.1) is 27.7 Å². The molecule has 5 unspecified atom stereocenters. The molecule has 4 bridgehead atoms. The summed E-state index contributed by atoms with van der Waals surface area (Å²) in [5.74, 6) is 5.25. The molecule has 8 aromatic rings. The van der Waals surface area contributed by atoms with Crippen LogP contribution in [0.4, 0.5) is 11.6 Å². The highest BCUT2D eigenvalue weighted by Crippen LogP contribution is 2.41. The number of methoxy groups -OCH3 is 2. The molecule has 2 aromatic carbocycles. The van der Waals surface area contributed by atoms with Crippen LogP contribution in [0.25, 0.3) is 22.8 Å². The van der Waals surface area contributed by atoms with E-state index >= 15 is 0 Å². The van der Waals surface area contributed by atoms with Gasteiger partial charge in [0.1, 0.15) is 23.1 Å². The lowest BCUT2D eigenvalue weighted by molar-refractivity contribution is -0.0343. The van der Waals surface area contributed by atoms with Crippen LogP contribution in [0.15, 0.2) is 109 Å². The maximum atomic E-state index is 10.8. The van der Waals surface area contributed by atoms with E-state index in [1.807, 2.05) is 58.3 Å². The van der Waals surface area contributed by atoms with Gasteiger partial charge in [0.2, 0.25) is 0 Å². The SMILES string of the molecule is COc1ccc(C(C)=O)cc1.COc1ccc(C(C)N2C3CC2CN(c2ccc(-c4nc(C)cc(Cc5cc(C)[nH]n5)n4)cn2)C3)cc1.Cc1cc(Cc2cc(C)[nH]n2)nc(-c2ccc(N3CC4CC(C3)N4)nc2)n1. The molecule has 5 atom stereocenters. The molecular weight excluding hydrogens is 941 g/mol. The molecule has 17 heteroatoms. The van der Waals surface area contributed by atoms with Crippen molar-refractivity contribution in [3.63, 3.8) is 0 Å². The number of pyridine rings is 2. The molecule has 12 heterocycles. The fourth-order valence-electron chi connectivity index (χ4n) is 10.7. The molecule has 3 N–H and O–H groups in total. The van der Waals surface area contributed by atoms with Gasteiger partial charge in [0.25, 0.3) is 0 Å². The Kier molecular flexibility index (Phi) is 15.1. The van der Waals surface area contributed by atoms with Gasteiger partial charge in [-0.05, 0) is 145 Å². The molecule has 6 aliphatic heterocycles. The number of Topliss-reactive ketones (excluding diaryl/α,β-unsaturated/α-hetero) is 1. The first-order valence-electron chi connectivity index (χ1n) is 25.8. The van der Waals surface area contributed by atoms with Crippen LogP contribution in [-0.2, 0) is 12.8 Å². The summed E-state index contributed by atoms with van der Waals surface area (Å²) in [5, 5.41) is 18.2. The van der Waals surface area contributed by atoms with Crippen LogP contribution in [0.1, 0.15) is 94.2 Å². The molecule has 6 fully saturated rings. The number of benzene rings is 2. The van der Waals surface area contributed by atoms with Crippen molar-refractivity contribution >= 4 is 17.4 Å². The summed E-state index contributed by atoms with van der Waals surface area (Å²) in [6.07, 6.45) is 7.71. The Morgan fingerprint density at radius 1 is 0.600 bits per heavy atom. The number of hydrogen-bond donors (Lipinski definition) is 3. The molecule has 0 saturated carbocycles. The summed E-state index contributed by atoms with van der Waals surface area (Å²) in [6, 6.07) is 34.8. The van der Waals surface area contributed by atoms with E-state index in [9.17, 15) is 4.79 Å². The number of ketones is 1. The normalized spacial score (nSPS) is 18.8. The van der Waals surface area contributed by atoms with E-state index in [0.717, 1.165) is 112 Å². The number of carbonyl (C=O) groups is 1. The van der Waals surface area contributed by atoms with Crippen molar-refractivity contribution in [3.05, 3.63) is 166 Å². The molecule has 6 aromatic heterocycles. The van der Waals surface area contributed by atoms with E-state index in [-0.39, 0.29) is 5.78 Å². The van der Waals surface area contributed by atoms with E-state index in [1.54, 1.807) is 45.4 Å². The summed E-state index contributed by atoms with van der Waals surface area (Å²) >= 11 is 0. The number of nitrogens with one attached hydrogen (secondary N) is 3. The quantitative estimate of drug-likeness (QED) is 0.0932. The van der Waals surface area contributed by atoms with Gasteiger partial charge in [-0.1, -0.05) is 12.1 Å². The third-order valence-corrected chi connectivity index (χ3v) is 14.4. The predicted molar refractivity (Wildman–Crippen MR) is 290 cm³/mol. The number of carbonyl (C=O) groups excluding carboxylic acids is 1. The average molecular weight is 1010 g/mol. The second-order valence-corrected chi connectivity index (χ2v) is 20.2. The molecule has 6 aliphatic rings. The first kappa shape index (κ1) is 50.6. The number of aryl methyl sites for hydroxylation is 4. The maximum absolute atomic E-state index is 10.8. The highest BCUT2D eigenvalue weighted by molar-refractivity contribution is 5.94. The number of hydrogen-bond acceptors (Lipinski definition) is 15. The van der Waals surface area contributed by atoms with Crippen molar-refractivity contribution in [1.82, 2.24) is 60.5 Å². The van der Waals surface area contributed by atoms with Crippen LogP contribution in [0.2, 0.25) is 0 Å². The molecular formula is C58H66N14O3. The van der Waals surface area contributed by atoms with Crippen LogP contribution in [-0.4, -0.2) is 126 Å². The third kappa shape index (κ3) is 12.1. The second kappa shape index (κ2) is 22.3. The maximum Gasteiger partial charge on any atom is 0.161 e. The number of aromatic amines is 2. The topological polar surface area (TPSA) is 192 Å². The first-order valence-corrected chi connectivity index (χ1v) is 25.8. The lowest BCUT2D eigenvalue weighted by atomic mass is 9.84. The number of H-pyrrole nitrogens is 2. The van der Waals surface area contributed by atoms with E-state index in [4.69, 9.17) is 24.4 Å². The number of aromatic nitrogens is 10. The standard InChI is InChI=1S/C29H33N7O.C20H23N7.C9H10O2/c1-18-11-23(13-24-12-19(2)33-34-24)32-29(31-18)22-7-10-28(30-15-22)35-16-25-14-26(17-35)36(25)20(3)21-5-8-27(37-4)9-6-21;1-12-5-15(7-16-6-13(2)25-26-16)24-20(22-12)14-3-4-19(21-9-14)27-10-17-8-18(11-27)23-17;1-7(10)8-3-5-9(11-2)6-4-8/h5-12,15,20,25-26H,13-14,16-17H2,1-4H3,(H,33,34);3-6,9,17-18,23H,7-8,10-11H2,1-2H3,(H,25,26);3-6H,1-2H3. The minimum Gasteiger partial charge on any atom is -0.497 e. The second-order valence-electron chi connectivity index (χ2n) is 20.2. The predicted octanol–water partition coefficient (Wildman–Crippen LogP) is 8.42. The molecule has 14 rings (SSSR count). The van der Waals surface area contributed by atoms with Crippen molar-refractivity contribution in [3.8, 4) is 34.3 Å². The van der Waals surface area contributed by atoms with Gasteiger partial charge in [-0.3, -0.25) is 19.9 Å². The van der Waals surface area contributed by atoms with Crippen LogP contribution < -0.4 is 24.6 Å². The minimum absolute atomic E-state index is 0.0765. The van der Waals surface area contributed by atoms with Gasteiger partial charge in [0, 0.05) is 121 Å². The lowest BCUT2D eigenvalue weighted by Gasteiger charge is -2.59. The smallest absolute Gasteiger partial charge is 0.161 e. The number of piperazine rings is 2. The largest absolute Gasteiger partial charge is 0.497 e. The van der Waals surface area contributed by atoms with E-state index < -0.39 is 0 Å². The zero-order chi connectivity index (χ0) is 52.2. The molecule has 75 heavy (non-hydrogen) atoms. The van der Waals surface area contributed by atoms with E-state index in [1.165, 1.54) is 18.4 Å². The summed E-state index contributed by atoms with van der Waals surface area (Å²) in [7, 11) is 3.31. The van der Waals surface area contributed by atoms with Gasteiger partial charge < -0.3 is 24.6 Å². The van der Waals surface area contributed by atoms with Crippen LogP contribution in [0.3, 0.4) is 0 Å². The number of anilines is 2. The summed E-state index contributed by atoms with van der Waals surface area (Å²) in [4.78, 5) is 46.6. The number of ether oxygens (including phenoxy) is 2. The van der Waals surface area contributed by atoms with Crippen molar-refractivity contribution in [2.24, 2.45) is 0 Å². The van der Waals surface area contributed by atoms with Crippen molar-refractivity contribution < 1.29 is 14.3 Å². The number of piperidine rings is 2. The first-order chi connectivity index (χ1) is 36.3. The Balaban J connectivity index is 0.000000147. The Morgan fingerprint density at radius 2 is 1.07 bits per heavy atom. The lowest BCUT2D eigenvalue weighted by Crippen LogP contribution is -2.69. The Labute approximate surface area is 438 Å². The third-order valence-electron chi connectivity index (χ3n) is 14.4. The highest BCUT2D eigenvalue weighted by atomic mass is 16.5. The van der Waals surface area contributed by atoms with Gasteiger partial charge in [0.15, 0.2) is 17.4 Å². The molecule has 386 valence electrons. The van der Waals surface area contributed by atoms with Crippen molar-refractivity contribution in [1.29, 1.82) is 0 Å². The van der Waals surface area contributed by atoms with Gasteiger partial charge >= 0.3 is 0 Å². The fraction of sp³-hybridized carbons (Fsp3) is 0.362. The molecule has 0 aliphatic carbocycles. The fourth-order valence-corrected chi connectivity index (χ4v) is 10.7. The van der Waals surface area contributed by atoms with Crippen molar-refractivity contribution in [2.45, 2.75) is 97.4 Å². The number of rotatable bonds is 13. The van der Waals surface area contributed by atoms with Gasteiger partial charge in [0.05, 0.1) is 37.0 Å².